The summed E-state index contributed by atoms with van der Waals surface area (Å²) >= 11 is 0. The van der Waals surface area contributed by atoms with E-state index in [1.54, 1.807) is 4.90 Å². The Labute approximate surface area is 134 Å². The van der Waals surface area contributed by atoms with E-state index >= 15 is 0 Å². The average molecular weight is 341 g/mol. The molecule has 2 aliphatic rings. The van der Waals surface area contributed by atoms with Crippen molar-refractivity contribution in [3.8, 4) is 0 Å². The van der Waals surface area contributed by atoms with E-state index in [1.807, 2.05) is 0 Å². The number of fused-ring (bicyclic) bond motifs is 1. The molecule has 3 rings (SSSR count). The number of halogens is 1. The van der Waals surface area contributed by atoms with Crippen molar-refractivity contribution in [1.29, 1.82) is 0 Å². The number of hydrogen-bond acceptors (Lipinski definition) is 4. The summed E-state index contributed by atoms with van der Waals surface area (Å²) in [6.45, 7) is 1.13. The summed E-state index contributed by atoms with van der Waals surface area (Å²) in [7, 11) is -3.56. The number of rotatable bonds is 3. The molecule has 0 spiro atoms. The van der Waals surface area contributed by atoms with E-state index in [2.05, 4.69) is 4.72 Å². The van der Waals surface area contributed by atoms with E-state index in [4.69, 9.17) is 5.73 Å². The lowest BCUT2D eigenvalue weighted by atomic mass is 9.98. The second-order valence-corrected chi connectivity index (χ2v) is 8.19. The summed E-state index contributed by atoms with van der Waals surface area (Å²) in [6, 6.07) is 3.56. The van der Waals surface area contributed by atoms with E-state index in [0.29, 0.717) is 19.0 Å². The second-order valence-electron chi connectivity index (χ2n) is 6.44. The number of carbonyl (C=O) groups is 1. The summed E-state index contributed by atoms with van der Waals surface area (Å²) in [5, 5.41) is 0. The van der Waals surface area contributed by atoms with Gasteiger partial charge in [-0.05, 0) is 42.9 Å². The molecular weight excluding hydrogens is 321 g/mol. The lowest BCUT2D eigenvalue weighted by Gasteiger charge is -2.20. The molecule has 1 amide bonds. The largest absolute Gasteiger partial charge is 0.338 e. The fraction of sp³-hybridized carbons (Fsp3) is 0.533. The highest BCUT2D eigenvalue weighted by Gasteiger charge is 2.42. The van der Waals surface area contributed by atoms with Crippen LogP contribution in [0.25, 0.3) is 0 Å². The number of amides is 1. The van der Waals surface area contributed by atoms with Crippen LogP contribution in [0.1, 0.15) is 23.2 Å². The van der Waals surface area contributed by atoms with Gasteiger partial charge in [0.05, 0.1) is 17.5 Å². The van der Waals surface area contributed by atoms with Crippen LogP contribution in [0, 0.1) is 17.7 Å². The molecule has 1 saturated carbocycles. The minimum absolute atomic E-state index is 0.0315. The third-order valence-electron chi connectivity index (χ3n) is 4.71. The smallest absolute Gasteiger partial charge is 0.256 e. The zero-order valence-corrected chi connectivity index (χ0v) is 13.6. The van der Waals surface area contributed by atoms with Crippen LogP contribution in [0.2, 0.25) is 0 Å². The number of nitrogens with zero attached hydrogens (tertiary/aromatic N) is 1. The number of sulfonamides is 1. The van der Waals surface area contributed by atoms with Gasteiger partial charge in [0.1, 0.15) is 5.82 Å². The number of carbonyl (C=O) groups excluding carboxylic acids is 1. The molecule has 0 aromatic heterocycles. The topological polar surface area (TPSA) is 92.5 Å². The van der Waals surface area contributed by atoms with Gasteiger partial charge in [-0.2, -0.15) is 0 Å². The molecule has 6 nitrogen and oxygen atoms in total. The molecule has 0 bridgehead atoms. The summed E-state index contributed by atoms with van der Waals surface area (Å²) < 4.78 is 38.7. The number of benzene rings is 1. The van der Waals surface area contributed by atoms with Crippen LogP contribution in [0.4, 0.5) is 10.1 Å². The molecule has 0 radical (unpaired) electrons. The van der Waals surface area contributed by atoms with Crippen molar-refractivity contribution < 1.29 is 17.6 Å². The van der Waals surface area contributed by atoms with E-state index in [9.17, 15) is 17.6 Å². The fourth-order valence-corrected chi connectivity index (χ4v) is 4.20. The Morgan fingerprint density at radius 3 is 2.74 bits per heavy atom. The second kappa shape index (κ2) is 5.76. The molecule has 3 atom stereocenters. The van der Waals surface area contributed by atoms with Crippen molar-refractivity contribution in [3.63, 3.8) is 0 Å². The van der Waals surface area contributed by atoms with Gasteiger partial charge in [0.15, 0.2) is 0 Å². The Morgan fingerprint density at radius 2 is 2.09 bits per heavy atom. The van der Waals surface area contributed by atoms with Crippen LogP contribution in [0.5, 0.6) is 0 Å². The van der Waals surface area contributed by atoms with Gasteiger partial charge in [-0.3, -0.25) is 9.52 Å². The van der Waals surface area contributed by atoms with Gasteiger partial charge in [0, 0.05) is 19.1 Å². The van der Waals surface area contributed by atoms with Crippen LogP contribution >= 0.6 is 0 Å². The number of likely N-dealkylation sites (tertiary alicyclic amines) is 1. The van der Waals surface area contributed by atoms with Gasteiger partial charge >= 0.3 is 0 Å². The van der Waals surface area contributed by atoms with Crippen molar-refractivity contribution in [2.75, 3.05) is 24.1 Å². The molecule has 8 heteroatoms. The van der Waals surface area contributed by atoms with E-state index in [-0.39, 0.29) is 29.1 Å². The molecule has 1 heterocycles. The van der Waals surface area contributed by atoms with Crippen LogP contribution in [0.3, 0.4) is 0 Å². The minimum Gasteiger partial charge on any atom is -0.338 e. The lowest BCUT2D eigenvalue weighted by Crippen LogP contribution is -2.34. The number of anilines is 1. The average Bonchev–Trinajstić information content (AvgIpc) is 3.01. The number of nitrogens with two attached hydrogens (primary N) is 1. The zero-order valence-electron chi connectivity index (χ0n) is 12.8. The summed E-state index contributed by atoms with van der Waals surface area (Å²) in [4.78, 5) is 14.4. The maximum absolute atomic E-state index is 13.6. The molecule has 2 fully saturated rings. The molecule has 3 unspecified atom stereocenters. The Balaban J connectivity index is 1.86. The highest BCUT2D eigenvalue weighted by atomic mass is 32.2. The summed E-state index contributed by atoms with van der Waals surface area (Å²) in [6.07, 6.45) is 2.95. The van der Waals surface area contributed by atoms with Crippen molar-refractivity contribution >= 4 is 21.6 Å². The minimum atomic E-state index is -3.56. The van der Waals surface area contributed by atoms with Crippen LogP contribution in [-0.4, -0.2) is 44.6 Å². The van der Waals surface area contributed by atoms with Crippen molar-refractivity contribution in [3.05, 3.63) is 29.6 Å². The van der Waals surface area contributed by atoms with E-state index < -0.39 is 15.8 Å². The standard InChI is InChI=1S/C15H20FN3O3S/c1-23(21,22)18-14-5-3-10(16)6-11(14)15(20)19-7-9-2-4-13(17)12(9)8-19/h3,5-6,9,12-13,18H,2,4,7-8,17H2,1H3. The lowest BCUT2D eigenvalue weighted by molar-refractivity contribution is 0.0780. The molecule has 23 heavy (non-hydrogen) atoms. The quantitative estimate of drug-likeness (QED) is 0.858. The molecule has 3 N–H and O–H groups in total. The number of hydrogen-bond donors (Lipinski definition) is 2. The highest BCUT2D eigenvalue weighted by Crippen LogP contribution is 2.38. The normalized spacial score (nSPS) is 27.1. The molecule has 1 aromatic carbocycles. The third kappa shape index (κ3) is 3.32. The van der Waals surface area contributed by atoms with E-state index in [0.717, 1.165) is 31.2 Å². The summed E-state index contributed by atoms with van der Waals surface area (Å²) in [5.74, 6) is -0.284. The van der Waals surface area contributed by atoms with Gasteiger partial charge in [0.25, 0.3) is 5.91 Å². The van der Waals surface area contributed by atoms with Gasteiger partial charge in [-0.25, -0.2) is 12.8 Å². The Hall–Kier alpha value is -1.67. The zero-order chi connectivity index (χ0) is 16.8. The molecule has 1 aliphatic heterocycles. The van der Waals surface area contributed by atoms with Gasteiger partial charge < -0.3 is 10.6 Å². The van der Waals surface area contributed by atoms with Gasteiger partial charge in [0.2, 0.25) is 10.0 Å². The maximum Gasteiger partial charge on any atom is 0.256 e. The van der Waals surface area contributed by atoms with Crippen LogP contribution in [-0.2, 0) is 10.0 Å². The third-order valence-corrected chi connectivity index (χ3v) is 5.30. The van der Waals surface area contributed by atoms with Crippen molar-refractivity contribution in [2.24, 2.45) is 17.6 Å². The van der Waals surface area contributed by atoms with Crippen molar-refractivity contribution in [1.82, 2.24) is 4.90 Å². The molecule has 1 aromatic rings. The molecule has 1 aliphatic carbocycles. The number of nitrogens with one attached hydrogen (secondary N) is 1. The first-order chi connectivity index (χ1) is 10.7. The van der Waals surface area contributed by atoms with Gasteiger partial charge in [-0.15, -0.1) is 0 Å². The maximum atomic E-state index is 13.6. The molecule has 1 saturated heterocycles. The summed E-state index contributed by atoms with van der Waals surface area (Å²) in [5.41, 5.74) is 6.20. The van der Waals surface area contributed by atoms with Crippen LogP contribution in [0.15, 0.2) is 18.2 Å². The Kier molecular flexibility index (Phi) is 4.05. The SMILES string of the molecule is CS(=O)(=O)Nc1ccc(F)cc1C(=O)N1CC2CCC(N)C2C1. The Bertz CT molecular complexity index is 737. The van der Waals surface area contributed by atoms with Crippen molar-refractivity contribution in [2.45, 2.75) is 18.9 Å². The van der Waals surface area contributed by atoms with Gasteiger partial charge in [-0.1, -0.05) is 0 Å². The first kappa shape index (κ1) is 16.2. The molecular formula is C15H20FN3O3S. The van der Waals surface area contributed by atoms with Crippen LogP contribution < -0.4 is 10.5 Å². The predicted molar refractivity (Wildman–Crippen MR) is 85.0 cm³/mol. The predicted octanol–water partition coefficient (Wildman–Crippen LogP) is 1.01. The molecule has 126 valence electrons. The fourth-order valence-electron chi connectivity index (χ4n) is 3.63. The first-order valence-corrected chi connectivity index (χ1v) is 9.46. The highest BCUT2D eigenvalue weighted by molar-refractivity contribution is 7.92. The first-order valence-electron chi connectivity index (χ1n) is 7.57. The van der Waals surface area contributed by atoms with E-state index in [1.165, 1.54) is 6.07 Å². The monoisotopic (exact) mass is 341 g/mol. The Morgan fingerprint density at radius 1 is 1.35 bits per heavy atom.